The van der Waals surface area contributed by atoms with Gasteiger partial charge in [0.1, 0.15) is 10.6 Å². The van der Waals surface area contributed by atoms with E-state index in [0.29, 0.717) is 36.1 Å². The number of aliphatic hydroxyl groups is 1. The van der Waals surface area contributed by atoms with Crippen LogP contribution in [-0.2, 0) is 15.1 Å². The zero-order valence-electron chi connectivity index (χ0n) is 21.3. The predicted octanol–water partition coefficient (Wildman–Crippen LogP) is 5.96. The van der Waals surface area contributed by atoms with Gasteiger partial charge in [0.25, 0.3) is 0 Å². The van der Waals surface area contributed by atoms with Gasteiger partial charge < -0.3 is 15.2 Å². The van der Waals surface area contributed by atoms with E-state index < -0.39 is 11.0 Å². The van der Waals surface area contributed by atoms with Gasteiger partial charge in [-0.2, -0.15) is 0 Å². The normalized spacial score (nSPS) is 21.7. The van der Waals surface area contributed by atoms with E-state index in [2.05, 4.69) is 52.3 Å². The molecular weight excluding hydrogens is 460 g/mol. The number of thiazole rings is 1. The molecule has 0 saturated heterocycles. The number of anilines is 2. The molecule has 2 heterocycles. The molecule has 2 atom stereocenters. The Hall–Kier alpha value is -2.84. The van der Waals surface area contributed by atoms with Crippen LogP contribution in [0.4, 0.5) is 11.6 Å². The number of hydrogen-bond acceptors (Lipinski definition) is 8. The van der Waals surface area contributed by atoms with Crippen LogP contribution in [-0.4, -0.2) is 33.1 Å². The molecule has 1 aliphatic rings. The largest absolute Gasteiger partial charge is 0.469 e. The lowest BCUT2D eigenvalue weighted by Crippen LogP contribution is -2.45. The summed E-state index contributed by atoms with van der Waals surface area (Å²) >= 11 is 1.50. The molecule has 7 nitrogen and oxygen atoms in total. The Morgan fingerprint density at radius 2 is 2.03 bits per heavy atom. The quantitative estimate of drug-likeness (QED) is 0.408. The number of benzene rings is 1. The summed E-state index contributed by atoms with van der Waals surface area (Å²) in [5.41, 5.74) is 2.54. The molecule has 4 rings (SSSR count). The molecule has 0 unspecified atom stereocenters. The van der Waals surface area contributed by atoms with E-state index in [-0.39, 0.29) is 11.9 Å². The van der Waals surface area contributed by atoms with Gasteiger partial charge >= 0.3 is 5.97 Å². The first-order valence-electron chi connectivity index (χ1n) is 12.0. The second kappa shape index (κ2) is 9.66. The number of ether oxygens (including phenoxy) is 1. The van der Waals surface area contributed by atoms with Crippen molar-refractivity contribution in [2.24, 2.45) is 11.3 Å². The van der Waals surface area contributed by atoms with Crippen LogP contribution in [0.3, 0.4) is 0 Å². The molecular formula is C27H34N4O3S. The van der Waals surface area contributed by atoms with Crippen molar-refractivity contribution < 1.29 is 14.6 Å². The summed E-state index contributed by atoms with van der Waals surface area (Å²) < 4.78 is 5.00. The lowest BCUT2D eigenvalue weighted by Gasteiger charge is -2.44. The molecule has 35 heavy (non-hydrogen) atoms. The molecule has 8 heteroatoms. The van der Waals surface area contributed by atoms with Crippen molar-refractivity contribution in [2.75, 3.05) is 12.4 Å². The van der Waals surface area contributed by atoms with Crippen molar-refractivity contribution in [3.05, 3.63) is 52.9 Å². The topological polar surface area (TPSA) is 97.2 Å². The minimum absolute atomic E-state index is 0.209. The third kappa shape index (κ3) is 5.38. The highest BCUT2D eigenvalue weighted by Crippen LogP contribution is 2.51. The van der Waals surface area contributed by atoms with Crippen molar-refractivity contribution in [1.82, 2.24) is 15.0 Å². The molecule has 1 fully saturated rings. The maximum atomic E-state index is 12.2. The summed E-state index contributed by atoms with van der Waals surface area (Å²) in [4.78, 5) is 26.8. The molecule has 2 aromatic heterocycles. The standard InChI is InChI=1S/C27H34N4O3S/c1-16(2)21-8-10-28-25(31-21)30-19-12-17(3)11-18(13-19)22-14-29-24(35-22)27(33)9-7-20(23(32)34-6)26(4,5)15-27/h8,10-14,16,20,33H,7,9,15H2,1-6H3,(H,28,30,31)/t20-,27-/m1/s1. The summed E-state index contributed by atoms with van der Waals surface area (Å²) in [6.07, 6.45) is 5.10. The predicted molar refractivity (Wildman–Crippen MR) is 139 cm³/mol. The molecule has 0 aliphatic heterocycles. The molecule has 3 aromatic rings. The van der Waals surface area contributed by atoms with E-state index in [1.807, 2.05) is 33.0 Å². The average molecular weight is 495 g/mol. The third-order valence-corrected chi connectivity index (χ3v) is 8.05. The highest BCUT2D eigenvalue weighted by Gasteiger charge is 2.49. The second-order valence-corrected chi connectivity index (χ2v) is 11.5. The van der Waals surface area contributed by atoms with Crippen LogP contribution in [0.5, 0.6) is 0 Å². The summed E-state index contributed by atoms with van der Waals surface area (Å²) in [5, 5.41) is 15.6. The van der Waals surface area contributed by atoms with E-state index in [9.17, 15) is 9.90 Å². The first-order chi connectivity index (χ1) is 16.5. The number of rotatable bonds is 6. The number of hydrogen-bond donors (Lipinski definition) is 2. The zero-order chi connectivity index (χ0) is 25.4. The van der Waals surface area contributed by atoms with Crippen LogP contribution in [0.25, 0.3) is 10.4 Å². The summed E-state index contributed by atoms with van der Waals surface area (Å²) in [7, 11) is 1.42. The average Bonchev–Trinajstić information content (AvgIpc) is 3.29. The summed E-state index contributed by atoms with van der Waals surface area (Å²) in [5.74, 6) is 0.450. The van der Waals surface area contributed by atoms with Crippen LogP contribution < -0.4 is 5.32 Å². The Balaban J connectivity index is 1.58. The number of aryl methyl sites for hydroxylation is 1. The van der Waals surface area contributed by atoms with Gasteiger partial charge in [-0.3, -0.25) is 4.79 Å². The maximum Gasteiger partial charge on any atom is 0.309 e. The van der Waals surface area contributed by atoms with E-state index >= 15 is 0 Å². The first kappa shape index (κ1) is 25.3. The lowest BCUT2D eigenvalue weighted by molar-refractivity contribution is -0.157. The number of carbonyl (C=O) groups excluding carboxylic acids is 1. The van der Waals surface area contributed by atoms with Crippen molar-refractivity contribution in [3.63, 3.8) is 0 Å². The minimum Gasteiger partial charge on any atom is -0.469 e. The Labute approximate surface area is 211 Å². The van der Waals surface area contributed by atoms with Crippen LogP contribution in [0.2, 0.25) is 0 Å². The highest BCUT2D eigenvalue weighted by atomic mass is 32.1. The fourth-order valence-corrected chi connectivity index (χ4v) is 6.02. The molecule has 0 radical (unpaired) electrons. The van der Waals surface area contributed by atoms with Crippen molar-refractivity contribution >= 4 is 28.9 Å². The highest BCUT2D eigenvalue weighted by molar-refractivity contribution is 7.15. The summed E-state index contributed by atoms with van der Waals surface area (Å²) in [6, 6.07) is 8.15. The van der Waals surface area contributed by atoms with Crippen LogP contribution >= 0.6 is 11.3 Å². The van der Waals surface area contributed by atoms with Crippen LogP contribution in [0.1, 0.15) is 69.1 Å². The zero-order valence-corrected chi connectivity index (χ0v) is 22.1. The number of aromatic nitrogens is 3. The van der Waals surface area contributed by atoms with Gasteiger partial charge in [0.2, 0.25) is 5.95 Å². The van der Waals surface area contributed by atoms with E-state index in [1.54, 1.807) is 6.20 Å². The fraction of sp³-hybridized carbons (Fsp3) is 0.481. The van der Waals surface area contributed by atoms with Gasteiger partial charge in [0, 0.05) is 23.8 Å². The number of nitrogens with zero attached hydrogens (tertiary/aromatic N) is 3. The molecule has 1 aromatic carbocycles. The minimum atomic E-state index is -1.06. The van der Waals surface area contributed by atoms with Crippen LogP contribution in [0, 0.1) is 18.3 Å². The molecule has 1 aliphatic carbocycles. The smallest absolute Gasteiger partial charge is 0.309 e. The number of nitrogens with one attached hydrogen (secondary N) is 1. The third-order valence-electron chi connectivity index (χ3n) is 6.81. The molecule has 0 amide bonds. The Morgan fingerprint density at radius 1 is 1.26 bits per heavy atom. The molecule has 0 spiro atoms. The molecule has 1 saturated carbocycles. The van der Waals surface area contributed by atoms with Crippen molar-refractivity contribution in [1.29, 1.82) is 0 Å². The lowest BCUT2D eigenvalue weighted by atomic mass is 9.63. The maximum absolute atomic E-state index is 12.2. The van der Waals surface area contributed by atoms with Gasteiger partial charge in [-0.1, -0.05) is 33.8 Å². The van der Waals surface area contributed by atoms with Gasteiger partial charge in [-0.25, -0.2) is 15.0 Å². The van der Waals surface area contributed by atoms with Crippen molar-refractivity contribution in [2.45, 2.75) is 65.4 Å². The van der Waals surface area contributed by atoms with E-state index in [1.165, 1.54) is 18.4 Å². The fourth-order valence-electron chi connectivity index (χ4n) is 5.00. The number of methoxy groups -OCH3 is 1. The van der Waals surface area contributed by atoms with Gasteiger partial charge in [-0.05, 0) is 66.8 Å². The molecule has 0 bridgehead atoms. The van der Waals surface area contributed by atoms with Gasteiger partial charge in [0.15, 0.2) is 0 Å². The monoisotopic (exact) mass is 494 g/mol. The molecule has 186 valence electrons. The van der Waals surface area contributed by atoms with E-state index in [0.717, 1.165) is 27.4 Å². The second-order valence-electron chi connectivity index (χ2n) is 10.5. The summed E-state index contributed by atoms with van der Waals surface area (Å²) in [6.45, 7) is 10.3. The molecule has 2 N–H and O–H groups in total. The number of esters is 1. The Bertz CT molecular complexity index is 1220. The van der Waals surface area contributed by atoms with Crippen molar-refractivity contribution in [3.8, 4) is 10.4 Å². The Morgan fingerprint density at radius 3 is 2.71 bits per heavy atom. The van der Waals surface area contributed by atoms with Crippen LogP contribution in [0.15, 0.2) is 36.7 Å². The SMILES string of the molecule is COC(=O)[C@H]1CC[C@](O)(c2ncc(-c3cc(C)cc(Nc4nccc(C(C)C)n4)c3)s2)CC1(C)C. The van der Waals surface area contributed by atoms with Gasteiger partial charge in [-0.15, -0.1) is 11.3 Å². The number of carbonyl (C=O) groups is 1. The Kier molecular flexibility index (Phi) is 6.97. The first-order valence-corrected chi connectivity index (χ1v) is 12.8. The van der Waals surface area contributed by atoms with Gasteiger partial charge in [0.05, 0.1) is 17.9 Å². The van der Waals surface area contributed by atoms with E-state index in [4.69, 9.17) is 4.74 Å².